The van der Waals surface area contributed by atoms with Gasteiger partial charge in [-0.2, -0.15) is 0 Å². The molecule has 94 valence electrons. The van der Waals surface area contributed by atoms with Crippen molar-refractivity contribution in [2.45, 2.75) is 11.9 Å². The van der Waals surface area contributed by atoms with E-state index in [9.17, 15) is 0 Å². The van der Waals surface area contributed by atoms with Gasteiger partial charge >= 0.3 is 0 Å². The number of rotatable bonds is 5. The van der Waals surface area contributed by atoms with Gasteiger partial charge < -0.3 is 5.32 Å². The number of alkyl halides is 1. The molecule has 0 saturated heterocycles. The van der Waals surface area contributed by atoms with E-state index in [2.05, 4.69) is 26.2 Å². The SMILES string of the molecule is ClC(CNCc1cncc(Br)c1)c1ccccc1. The Bertz CT molecular complexity index is 490. The standard InChI is InChI=1S/C14H14BrClN2/c15-13-6-11(7-17-9-13)8-18-10-14(16)12-4-2-1-3-5-12/h1-7,9,14,18H,8,10H2. The van der Waals surface area contributed by atoms with Gasteiger partial charge in [-0.25, -0.2) is 0 Å². The van der Waals surface area contributed by atoms with Crippen molar-refractivity contribution in [2.24, 2.45) is 0 Å². The first-order valence-electron chi connectivity index (χ1n) is 5.75. The third-order valence-electron chi connectivity index (χ3n) is 2.58. The number of aromatic nitrogens is 1. The van der Waals surface area contributed by atoms with E-state index in [4.69, 9.17) is 11.6 Å². The summed E-state index contributed by atoms with van der Waals surface area (Å²) >= 11 is 9.72. The maximum Gasteiger partial charge on any atom is 0.0709 e. The molecule has 2 aromatic rings. The molecule has 0 bridgehead atoms. The van der Waals surface area contributed by atoms with Crippen LogP contribution in [0.1, 0.15) is 16.5 Å². The topological polar surface area (TPSA) is 24.9 Å². The second-order valence-electron chi connectivity index (χ2n) is 4.02. The summed E-state index contributed by atoms with van der Waals surface area (Å²) in [6.45, 7) is 1.50. The zero-order valence-corrected chi connectivity index (χ0v) is 12.2. The molecule has 0 aliphatic rings. The molecule has 0 spiro atoms. The second kappa shape index (κ2) is 6.88. The summed E-state index contributed by atoms with van der Waals surface area (Å²) in [4.78, 5) is 4.12. The Kier molecular flexibility index (Phi) is 5.17. The molecule has 0 fully saturated rings. The summed E-state index contributed by atoms with van der Waals surface area (Å²) in [6.07, 6.45) is 3.63. The molecule has 4 heteroatoms. The minimum absolute atomic E-state index is 0.00804. The molecular weight excluding hydrogens is 312 g/mol. The van der Waals surface area contributed by atoms with E-state index in [0.717, 1.165) is 28.7 Å². The highest BCUT2D eigenvalue weighted by Crippen LogP contribution is 2.18. The average molecular weight is 326 g/mol. The largest absolute Gasteiger partial charge is 0.311 e. The van der Waals surface area contributed by atoms with E-state index in [1.54, 1.807) is 6.20 Å². The lowest BCUT2D eigenvalue weighted by Crippen LogP contribution is -2.18. The van der Waals surface area contributed by atoms with Crippen molar-refractivity contribution in [3.05, 3.63) is 64.4 Å². The summed E-state index contributed by atoms with van der Waals surface area (Å²) < 4.78 is 0.993. The van der Waals surface area contributed by atoms with Crippen LogP contribution in [0, 0.1) is 0 Å². The summed E-state index contributed by atoms with van der Waals surface area (Å²) in [7, 11) is 0. The molecule has 1 aromatic heterocycles. The Balaban J connectivity index is 1.82. The molecule has 0 radical (unpaired) electrons. The number of halogens is 2. The normalized spacial score (nSPS) is 12.3. The maximum atomic E-state index is 6.32. The number of nitrogens with one attached hydrogen (secondary N) is 1. The zero-order valence-electron chi connectivity index (χ0n) is 9.81. The molecule has 1 heterocycles. The van der Waals surface area contributed by atoms with Gasteiger partial charge in [0.05, 0.1) is 5.38 Å². The van der Waals surface area contributed by atoms with Gasteiger partial charge in [0.15, 0.2) is 0 Å². The van der Waals surface area contributed by atoms with E-state index in [0.29, 0.717) is 0 Å². The van der Waals surface area contributed by atoms with Crippen LogP contribution in [-0.4, -0.2) is 11.5 Å². The van der Waals surface area contributed by atoms with Crippen LogP contribution >= 0.6 is 27.5 Å². The van der Waals surface area contributed by atoms with Crippen LogP contribution < -0.4 is 5.32 Å². The molecule has 0 aliphatic heterocycles. The molecule has 0 aliphatic carbocycles. The van der Waals surface area contributed by atoms with Crippen molar-refractivity contribution in [2.75, 3.05) is 6.54 Å². The Labute approximate surface area is 121 Å². The van der Waals surface area contributed by atoms with E-state index < -0.39 is 0 Å². The fourth-order valence-corrected chi connectivity index (χ4v) is 2.34. The van der Waals surface area contributed by atoms with Crippen molar-refractivity contribution in [1.29, 1.82) is 0 Å². The molecular formula is C14H14BrClN2. The summed E-state index contributed by atoms with van der Waals surface area (Å²) in [5.74, 6) is 0. The third kappa shape index (κ3) is 4.09. The lowest BCUT2D eigenvalue weighted by Gasteiger charge is -2.11. The molecule has 1 unspecified atom stereocenters. The van der Waals surface area contributed by atoms with Gasteiger partial charge in [0.25, 0.3) is 0 Å². The van der Waals surface area contributed by atoms with Crippen molar-refractivity contribution >= 4 is 27.5 Å². The summed E-state index contributed by atoms with van der Waals surface area (Å²) in [5, 5.41) is 3.33. The van der Waals surface area contributed by atoms with Gasteiger partial charge in [-0.15, -0.1) is 11.6 Å². The van der Waals surface area contributed by atoms with Crippen LogP contribution in [-0.2, 0) is 6.54 Å². The number of hydrogen-bond acceptors (Lipinski definition) is 2. The quantitative estimate of drug-likeness (QED) is 0.843. The first-order chi connectivity index (χ1) is 8.75. The number of nitrogens with zero attached hydrogens (tertiary/aromatic N) is 1. The van der Waals surface area contributed by atoms with Crippen LogP contribution in [0.3, 0.4) is 0 Å². The highest BCUT2D eigenvalue weighted by atomic mass is 79.9. The lowest BCUT2D eigenvalue weighted by molar-refractivity contribution is 0.673. The van der Waals surface area contributed by atoms with Crippen molar-refractivity contribution in [3.63, 3.8) is 0 Å². The van der Waals surface area contributed by atoms with E-state index in [-0.39, 0.29) is 5.38 Å². The number of hydrogen-bond donors (Lipinski definition) is 1. The Morgan fingerprint density at radius 1 is 1.22 bits per heavy atom. The van der Waals surface area contributed by atoms with Gasteiger partial charge in [0.1, 0.15) is 0 Å². The van der Waals surface area contributed by atoms with Gasteiger partial charge in [0.2, 0.25) is 0 Å². The highest BCUT2D eigenvalue weighted by Gasteiger charge is 2.06. The summed E-state index contributed by atoms with van der Waals surface area (Å²) in [5.41, 5.74) is 2.28. The molecule has 1 atom stereocenters. The van der Waals surface area contributed by atoms with Gasteiger partial charge in [-0.3, -0.25) is 4.98 Å². The molecule has 2 nitrogen and oxygen atoms in total. The number of pyridine rings is 1. The van der Waals surface area contributed by atoms with E-state index in [1.807, 2.05) is 42.6 Å². The molecule has 1 aromatic carbocycles. The first kappa shape index (κ1) is 13.5. The van der Waals surface area contributed by atoms with Crippen LogP contribution in [0.5, 0.6) is 0 Å². The van der Waals surface area contributed by atoms with Crippen LogP contribution in [0.15, 0.2) is 53.3 Å². The molecule has 0 amide bonds. The highest BCUT2D eigenvalue weighted by molar-refractivity contribution is 9.10. The Morgan fingerprint density at radius 2 is 2.00 bits per heavy atom. The predicted molar refractivity (Wildman–Crippen MR) is 78.7 cm³/mol. The zero-order chi connectivity index (χ0) is 12.8. The van der Waals surface area contributed by atoms with E-state index >= 15 is 0 Å². The average Bonchev–Trinajstić information content (AvgIpc) is 2.40. The molecule has 2 rings (SSSR count). The fourth-order valence-electron chi connectivity index (χ4n) is 1.68. The minimum atomic E-state index is -0.00804. The monoisotopic (exact) mass is 324 g/mol. The number of benzene rings is 1. The van der Waals surface area contributed by atoms with Gasteiger partial charge in [-0.1, -0.05) is 30.3 Å². The minimum Gasteiger partial charge on any atom is -0.311 e. The smallest absolute Gasteiger partial charge is 0.0709 e. The molecule has 1 N–H and O–H groups in total. The Morgan fingerprint density at radius 3 is 2.72 bits per heavy atom. The Hall–Kier alpha value is -0.900. The fraction of sp³-hybridized carbons (Fsp3) is 0.214. The molecule has 0 saturated carbocycles. The third-order valence-corrected chi connectivity index (χ3v) is 3.42. The van der Waals surface area contributed by atoms with Crippen molar-refractivity contribution in [1.82, 2.24) is 10.3 Å². The second-order valence-corrected chi connectivity index (χ2v) is 5.46. The maximum absolute atomic E-state index is 6.32. The van der Waals surface area contributed by atoms with Crippen LogP contribution in [0.2, 0.25) is 0 Å². The van der Waals surface area contributed by atoms with Crippen LogP contribution in [0.25, 0.3) is 0 Å². The predicted octanol–water partition coefficient (Wildman–Crippen LogP) is 3.91. The lowest BCUT2D eigenvalue weighted by atomic mass is 10.1. The van der Waals surface area contributed by atoms with Crippen molar-refractivity contribution < 1.29 is 0 Å². The van der Waals surface area contributed by atoms with E-state index in [1.165, 1.54) is 0 Å². The first-order valence-corrected chi connectivity index (χ1v) is 6.98. The summed E-state index contributed by atoms with van der Waals surface area (Å²) in [6, 6.07) is 12.1. The molecule has 18 heavy (non-hydrogen) atoms. The van der Waals surface area contributed by atoms with Gasteiger partial charge in [-0.05, 0) is 33.1 Å². The van der Waals surface area contributed by atoms with Crippen LogP contribution in [0.4, 0.5) is 0 Å². The van der Waals surface area contributed by atoms with Gasteiger partial charge in [0, 0.05) is 30.0 Å². The van der Waals surface area contributed by atoms with Crippen molar-refractivity contribution in [3.8, 4) is 0 Å².